The van der Waals surface area contributed by atoms with Gasteiger partial charge in [-0.05, 0) is 18.1 Å². The second kappa shape index (κ2) is 2.60. The smallest absolute Gasteiger partial charge is 0.224 e. The molecule has 1 N–H and O–H groups in total. The number of nitrogens with one attached hydrogen (secondary N) is 1. The maximum Gasteiger partial charge on any atom is 0.224 e. The molecule has 14 heavy (non-hydrogen) atoms. The number of carbonyl (C=O) groups excluding carboxylic acids is 1. The quantitative estimate of drug-likeness (QED) is 0.811. The molecule has 1 aromatic carbocycles. The standard InChI is InChI=1S/C11H10BrNO/c12-9-4-2-1-3-7(9)11-5-8(11)10(14)13-6-11/h1-4,8H,5-6H2,(H,13,14). The lowest BCUT2D eigenvalue weighted by Crippen LogP contribution is -2.22. The summed E-state index contributed by atoms with van der Waals surface area (Å²) in [6.07, 6.45) is 1.02. The molecule has 0 spiro atoms. The Bertz CT molecular complexity index is 418. The topological polar surface area (TPSA) is 29.1 Å². The van der Waals surface area contributed by atoms with Crippen LogP contribution in [0.15, 0.2) is 28.7 Å². The van der Waals surface area contributed by atoms with E-state index in [0.29, 0.717) is 0 Å². The van der Waals surface area contributed by atoms with E-state index in [0.717, 1.165) is 17.4 Å². The average Bonchev–Trinajstić information content (AvgIpc) is 2.84. The fraction of sp³-hybridized carbons (Fsp3) is 0.364. The van der Waals surface area contributed by atoms with Gasteiger partial charge in [0.15, 0.2) is 0 Å². The van der Waals surface area contributed by atoms with Crippen molar-refractivity contribution in [2.24, 2.45) is 5.92 Å². The molecule has 1 aromatic rings. The normalized spacial score (nSPS) is 33.8. The molecule has 2 aliphatic rings. The molecule has 1 aliphatic carbocycles. The molecule has 1 saturated carbocycles. The van der Waals surface area contributed by atoms with Gasteiger partial charge < -0.3 is 5.32 Å². The van der Waals surface area contributed by atoms with Crippen LogP contribution in [-0.2, 0) is 10.2 Å². The Morgan fingerprint density at radius 3 is 2.79 bits per heavy atom. The first-order valence-electron chi connectivity index (χ1n) is 4.77. The Balaban J connectivity index is 2.06. The van der Waals surface area contributed by atoms with E-state index in [1.54, 1.807) is 0 Å². The first-order chi connectivity index (χ1) is 6.74. The first kappa shape index (κ1) is 8.48. The summed E-state index contributed by atoms with van der Waals surface area (Å²) in [6.45, 7) is 0.805. The van der Waals surface area contributed by atoms with Crippen molar-refractivity contribution < 1.29 is 4.79 Å². The van der Waals surface area contributed by atoms with Crippen LogP contribution in [0.4, 0.5) is 0 Å². The zero-order chi connectivity index (χ0) is 9.76. The van der Waals surface area contributed by atoms with E-state index in [9.17, 15) is 4.79 Å². The molecule has 3 heteroatoms. The Morgan fingerprint density at radius 2 is 2.21 bits per heavy atom. The summed E-state index contributed by atoms with van der Waals surface area (Å²) in [5.41, 5.74) is 1.39. The lowest BCUT2D eigenvalue weighted by Gasteiger charge is -2.13. The molecule has 1 heterocycles. The summed E-state index contributed by atoms with van der Waals surface area (Å²) in [7, 11) is 0. The van der Waals surface area contributed by atoms with Crippen LogP contribution in [0, 0.1) is 5.92 Å². The Labute approximate surface area is 90.8 Å². The average molecular weight is 252 g/mol. The Kier molecular flexibility index (Phi) is 1.57. The van der Waals surface area contributed by atoms with Gasteiger partial charge in [0, 0.05) is 16.4 Å². The zero-order valence-corrected chi connectivity index (χ0v) is 9.17. The molecule has 0 aromatic heterocycles. The van der Waals surface area contributed by atoms with E-state index < -0.39 is 0 Å². The zero-order valence-electron chi connectivity index (χ0n) is 7.59. The molecule has 0 radical (unpaired) electrons. The second-order valence-corrected chi connectivity index (χ2v) is 4.96. The molecule has 1 amide bonds. The third-order valence-electron chi connectivity index (χ3n) is 3.38. The lowest BCUT2D eigenvalue weighted by molar-refractivity contribution is -0.120. The summed E-state index contributed by atoms with van der Waals surface area (Å²) < 4.78 is 1.12. The van der Waals surface area contributed by atoms with Crippen molar-refractivity contribution in [3.8, 4) is 0 Å². The van der Waals surface area contributed by atoms with Crippen molar-refractivity contribution in [2.75, 3.05) is 6.54 Å². The summed E-state index contributed by atoms with van der Waals surface area (Å²) in [5.74, 6) is 0.446. The van der Waals surface area contributed by atoms with E-state index in [1.165, 1.54) is 5.56 Å². The monoisotopic (exact) mass is 251 g/mol. The molecule has 72 valence electrons. The van der Waals surface area contributed by atoms with Crippen LogP contribution in [0.5, 0.6) is 0 Å². The van der Waals surface area contributed by atoms with Crippen LogP contribution in [0.25, 0.3) is 0 Å². The van der Waals surface area contributed by atoms with Crippen LogP contribution in [0.3, 0.4) is 0 Å². The van der Waals surface area contributed by atoms with Crippen LogP contribution < -0.4 is 5.32 Å². The Morgan fingerprint density at radius 1 is 1.43 bits per heavy atom. The van der Waals surface area contributed by atoms with Gasteiger partial charge in [-0.2, -0.15) is 0 Å². The number of halogens is 1. The molecule has 2 atom stereocenters. The van der Waals surface area contributed by atoms with Gasteiger partial charge in [0.25, 0.3) is 0 Å². The van der Waals surface area contributed by atoms with Crippen LogP contribution in [0.2, 0.25) is 0 Å². The first-order valence-corrected chi connectivity index (χ1v) is 5.56. The Hall–Kier alpha value is -0.830. The highest BCUT2D eigenvalue weighted by molar-refractivity contribution is 9.10. The highest BCUT2D eigenvalue weighted by atomic mass is 79.9. The molecule has 1 saturated heterocycles. The number of hydrogen-bond donors (Lipinski definition) is 1. The van der Waals surface area contributed by atoms with E-state index in [2.05, 4.69) is 27.3 Å². The van der Waals surface area contributed by atoms with Gasteiger partial charge in [-0.15, -0.1) is 0 Å². The third kappa shape index (κ3) is 0.934. The van der Waals surface area contributed by atoms with Gasteiger partial charge in [0.05, 0.1) is 5.92 Å². The molecule has 1 aliphatic heterocycles. The molecule has 3 rings (SSSR count). The number of hydrogen-bond acceptors (Lipinski definition) is 1. The molecule has 2 nitrogen and oxygen atoms in total. The van der Waals surface area contributed by atoms with Gasteiger partial charge in [0.2, 0.25) is 5.91 Å². The number of piperidine rings is 1. The summed E-state index contributed by atoms with van der Waals surface area (Å²) in [5, 5.41) is 2.93. The number of rotatable bonds is 1. The van der Waals surface area contributed by atoms with Crippen molar-refractivity contribution in [3.63, 3.8) is 0 Å². The van der Waals surface area contributed by atoms with Gasteiger partial charge in [-0.3, -0.25) is 4.79 Å². The van der Waals surface area contributed by atoms with Gasteiger partial charge in [-0.25, -0.2) is 0 Å². The van der Waals surface area contributed by atoms with Crippen molar-refractivity contribution >= 4 is 21.8 Å². The largest absolute Gasteiger partial charge is 0.355 e. The van der Waals surface area contributed by atoms with Crippen molar-refractivity contribution in [1.29, 1.82) is 0 Å². The minimum absolute atomic E-state index is 0.108. The van der Waals surface area contributed by atoms with Crippen LogP contribution in [-0.4, -0.2) is 12.5 Å². The highest BCUT2D eigenvalue weighted by Crippen LogP contribution is 2.58. The van der Waals surface area contributed by atoms with E-state index in [-0.39, 0.29) is 17.2 Å². The third-order valence-corrected chi connectivity index (χ3v) is 4.07. The molecular formula is C11H10BrNO. The predicted octanol–water partition coefficient (Wildman–Crippen LogP) is 1.84. The fourth-order valence-electron chi connectivity index (χ4n) is 2.47. The highest BCUT2D eigenvalue weighted by Gasteiger charge is 2.63. The van der Waals surface area contributed by atoms with Crippen LogP contribution >= 0.6 is 15.9 Å². The van der Waals surface area contributed by atoms with Gasteiger partial charge in [-0.1, -0.05) is 34.1 Å². The minimum Gasteiger partial charge on any atom is -0.355 e. The fourth-order valence-corrected chi connectivity index (χ4v) is 3.15. The van der Waals surface area contributed by atoms with E-state index in [1.807, 2.05) is 18.2 Å². The summed E-state index contributed by atoms with van der Waals surface area (Å²) >= 11 is 3.55. The number of amides is 1. The van der Waals surface area contributed by atoms with E-state index in [4.69, 9.17) is 0 Å². The predicted molar refractivity (Wildman–Crippen MR) is 56.9 cm³/mol. The van der Waals surface area contributed by atoms with Gasteiger partial charge in [0.1, 0.15) is 0 Å². The van der Waals surface area contributed by atoms with Crippen molar-refractivity contribution in [1.82, 2.24) is 5.32 Å². The van der Waals surface area contributed by atoms with Crippen molar-refractivity contribution in [2.45, 2.75) is 11.8 Å². The SMILES string of the molecule is O=C1NCC2(c3ccccc3Br)CC12. The molecule has 2 unspecified atom stereocenters. The van der Waals surface area contributed by atoms with Crippen molar-refractivity contribution in [3.05, 3.63) is 34.3 Å². The maximum absolute atomic E-state index is 11.4. The number of benzene rings is 1. The molecular weight excluding hydrogens is 242 g/mol. The second-order valence-electron chi connectivity index (χ2n) is 4.11. The summed E-state index contributed by atoms with van der Waals surface area (Å²) in [4.78, 5) is 11.4. The number of carbonyl (C=O) groups is 1. The summed E-state index contributed by atoms with van der Waals surface area (Å²) in [6, 6.07) is 8.20. The lowest BCUT2D eigenvalue weighted by atomic mass is 9.95. The van der Waals surface area contributed by atoms with Gasteiger partial charge >= 0.3 is 0 Å². The minimum atomic E-state index is 0.108. The maximum atomic E-state index is 11.4. The van der Waals surface area contributed by atoms with E-state index >= 15 is 0 Å². The number of fused-ring (bicyclic) bond motifs is 1. The van der Waals surface area contributed by atoms with Crippen LogP contribution in [0.1, 0.15) is 12.0 Å². The molecule has 2 fully saturated rings. The molecule has 0 bridgehead atoms.